The Labute approximate surface area is 75.6 Å². The van der Waals surface area contributed by atoms with E-state index in [2.05, 4.69) is 0 Å². The third kappa shape index (κ3) is 1.43. The molecule has 2 saturated heterocycles. The second-order valence-corrected chi connectivity index (χ2v) is 3.71. The van der Waals surface area contributed by atoms with Crippen LogP contribution in [0.25, 0.3) is 0 Å². The molecule has 2 rings (SSSR count). The van der Waals surface area contributed by atoms with Crippen molar-refractivity contribution in [3.63, 3.8) is 0 Å². The number of carbonyl (C=O) groups excluding carboxylic acids is 1. The fourth-order valence-electron chi connectivity index (χ4n) is 1.54. The highest BCUT2D eigenvalue weighted by Crippen LogP contribution is 2.30. The van der Waals surface area contributed by atoms with Gasteiger partial charge in [0.2, 0.25) is 0 Å². The molecule has 5 heteroatoms. The van der Waals surface area contributed by atoms with Gasteiger partial charge < -0.3 is 19.3 Å². The van der Waals surface area contributed by atoms with Gasteiger partial charge in [0.15, 0.2) is 18.0 Å². The highest BCUT2D eigenvalue weighted by Gasteiger charge is 2.50. The van der Waals surface area contributed by atoms with E-state index in [1.165, 1.54) is 0 Å². The van der Waals surface area contributed by atoms with Gasteiger partial charge in [0, 0.05) is 0 Å². The van der Waals surface area contributed by atoms with Crippen molar-refractivity contribution < 1.29 is 24.1 Å². The van der Waals surface area contributed by atoms with Gasteiger partial charge in [-0.3, -0.25) is 0 Å². The lowest BCUT2D eigenvalue weighted by molar-refractivity contribution is -0.299. The molecular weight excluding hydrogens is 176 g/mol. The lowest BCUT2D eigenvalue weighted by Crippen LogP contribution is -2.50. The summed E-state index contributed by atoms with van der Waals surface area (Å²) in [4.78, 5) is 10.9. The molecule has 74 valence electrons. The third-order valence-corrected chi connectivity index (χ3v) is 2.20. The predicted octanol–water partition coefficient (Wildman–Crippen LogP) is -0.576. The minimum Gasteiger partial charge on any atom is -0.455 e. The number of hydrogen-bond donors (Lipinski definition) is 1. The lowest BCUT2D eigenvalue weighted by Gasteiger charge is -2.36. The minimum absolute atomic E-state index is 0.278. The van der Waals surface area contributed by atoms with E-state index in [4.69, 9.17) is 14.2 Å². The molecule has 2 aliphatic heterocycles. The summed E-state index contributed by atoms with van der Waals surface area (Å²) >= 11 is 0. The maximum atomic E-state index is 10.9. The molecule has 2 heterocycles. The van der Waals surface area contributed by atoms with Gasteiger partial charge in [-0.2, -0.15) is 0 Å². The number of esters is 1. The van der Waals surface area contributed by atoms with Gasteiger partial charge in [-0.15, -0.1) is 0 Å². The highest BCUT2D eigenvalue weighted by molar-refractivity contribution is 5.77. The zero-order valence-corrected chi connectivity index (χ0v) is 7.52. The fourth-order valence-corrected chi connectivity index (χ4v) is 1.54. The number of rotatable bonds is 0. The standard InChI is InChI=1S/C8H12O5/c1-8(2)11-3-4-6(13-8)5(9)7(10)12-4/h4-6,9H,3H2,1-2H3/t4-,5+,6+/m0/s1. The summed E-state index contributed by atoms with van der Waals surface area (Å²) in [7, 11) is 0. The molecule has 0 aromatic carbocycles. The summed E-state index contributed by atoms with van der Waals surface area (Å²) in [5, 5.41) is 9.37. The van der Waals surface area contributed by atoms with Gasteiger partial charge in [-0.05, 0) is 13.8 Å². The molecule has 13 heavy (non-hydrogen) atoms. The van der Waals surface area contributed by atoms with Crippen molar-refractivity contribution in [2.45, 2.75) is 37.9 Å². The first-order valence-corrected chi connectivity index (χ1v) is 4.20. The van der Waals surface area contributed by atoms with E-state index in [-0.39, 0.29) is 6.61 Å². The summed E-state index contributed by atoms with van der Waals surface area (Å²) < 4.78 is 15.5. The van der Waals surface area contributed by atoms with Crippen LogP contribution in [0.1, 0.15) is 13.8 Å². The molecule has 0 saturated carbocycles. The zero-order chi connectivity index (χ0) is 9.64. The summed E-state index contributed by atoms with van der Waals surface area (Å²) in [5.74, 6) is -1.38. The Hall–Kier alpha value is -0.650. The molecule has 0 spiro atoms. The van der Waals surface area contributed by atoms with Crippen molar-refractivity contribution in [2.75, 3.05) is 6.61 Å². The molecule has 5 nitrogen and oxygen atoms in total. The van der Waals surface area contributed by atoms with Crippen molar-refractivity contribution in [3.8, 4) is 0 Å². The first-order valence-electron chi connectivity index (χ1n) is 4.20. The number of fused-ring (bicyclic) bond motifs is 1. The van der Waals surface area contributed by atoms with Crippen LogP contribution in [0.3, 0.4) is 0 Å². The average Bonchev–Trinajstić information content (AvgIpc) is 2.29. The van der Waals surface area contributed by atoms with Gasteiger partial charge in [0.05, 0.1) is 6.61 Å². The quantitative estimate of drug-likeness (QED) is 0.515. The van der Waals surface area contributed by atoms with Crippen LogP contribution >= 0.6 is 0 Å². The number of aliphatic hydroxyl groups is 1. The second kappa shape index (κ2) is 2.67. The van der Waals surface area contributed by atoms with Crippen LogP contribution in [0, 0.1) is 0 Å². The van der Waals surface area contributed by atoms with Crippen LogP contribution in [-0.2, 0) is 19.0 Å². The Bertz CT molecular complexity index is 237. The van der Waals surface area contributed by atoms with E-state index in [1.54, 1.807) is 13.8 Å². The van der Waals surface area contributed by atoms with Gasteiger partial charge >= 0.3 is 5.97 Å². The smallest absolute Gasteiger partial charge is 0.338 e. The second-order valence-electron chi connectivity index (χ2n) is 3.71. The average molecular weight is 188 g/mol. The van der Waals surface area contributed by atoms with Crippen molar-refractivity contribution in [1.29, 1.82) is 0 Å². The molecule has 2 fully saturated rings. The van der Waals surface area contributed by atoms with Gasteiger partial charge in [0.1, 0.15) is 6.10 Å². The minimum atomic E-state index is -1.17. The first-order chi connectivity index (χ1) is 5.99. The van der Waals surface area contributed by atoms with Crippen molar-refractivity contribution >= 4 is 5.97 Å². The SMILES string of the molecule is CC1(C)OC[C@@H]2OC(=O)[C@H](O)[C@@H]2O1. The van der Waals surface area contributed by atoms with Crippen LogP contribution in [0.5, 0.6) is 0 Å². The molecule has 0 amide bonds. The van der Waals surface area contributed by atoms with Crippen molar-refractivity contribution in [2.24, 2.45) is 0 Å². The first kappa shape index (κ1) is 8.93. The fraction of sp³-hybridized carbons (Fsp3) is 0.875. The summed E-state index contributed by atoms with van der Waals surface area (Å²) in [6.45, 7) is 3.75. The lowest BCUT2D eigenvalue weighted by atomic mass is 10.1. The molecule has 1 N–H and O–H groups in total. The van der Waals surface area contributed by atoms with Crippen LogP contribution in [0.4, 0.5) is 0 Å². The monoisotopic (exact) mass is 188 g/mol. The van der Waals surface area contributed by atoms with Gasteiger partial charge in [-0.25, -0.2) is 4.79 Å². The molecule has 3 atom stereocenters. The zero-order valence-electron chi connectivity index (χ0n) is 7.52. The Morgan fingerprint density at radius 2 is 2.23 bits per heavy atom. The summed E-state index contributed by atoms with van der Waals surface area (Å²) in [5.41, 5.74) is 0. The largest absolute Gasteiger partial charge is 0.455 e. The molecule has 0 bridgehead atoms. The maximum absolute atomic E-state index is 10.9. The van der Waals surface area contributed by atoms with E-state index in [0.29, 0.717) is 0 Å². The Morgan fingerprint density at radius 3 is 2.92 bits per heavy atom. The third-order valence-electron chi connectivity index (χ3n) is 2.20. The number of aliphatic hydroxyl groups excluding tert-OH is 1. The van der Waals surface area contributed by atoms with Crippen LogP contribution < -0.4 is 0 Å². The molecule has 0 aliphatic carbocycles. The number of hydrogen-bond acceptors (Lipinski definition) is 5. The Kier molecular flexibility index (Phi) is 1.83. The molecule has 2 aliphatic rings. The van der Waals surface area contributed by atoms with Gasteiger partial charge in [-0.1, -0.05) is 0 Å². The van der Waals surface area contributed by atoms with E-state index in [0.717, 1.165) is 0 Å². The van der Waals surface area contributed by atoms with E-state index >= 15 is 0 Å². The molecular formula is C8H12O5. The van der Waals surface area contributed by atoms with E-state index in [9.17, 15) is 9.90 Å². The highest BCUT2D eigenvalue weighted by atomic mass is 16.7. The summed E-state index contributed by atoms with van der Waals surface area (Å²) in [6, 6.07) is 0. The number of ether oxygens (including phenoxy) is 3. The predicted molar refractivity (Wildman–Crippen MR) is 40.8 cm³/mol. The van der Waals surface area contributed by atoms with Crippen LogP contribution in [-0.4, -0.2) is 41.8 Å². The Balaban J connectivity index is 2.14. The topological polar surface area (TPSA) is 65.0 Å². The molecule has 0 aromatic heterocycles. The van der Waals surface area contributed by atoms with E-state index < -0.39 is 30.1 Å². The number of carbonyl (C=O) groups is 1. The van der Waals surface area contributed by atoms with Crippen LogP contribution in [0.15, 0.2) is 0 Å². The molecule has 0 aromatic rings. The summed E-state index contributed by atoms with van der Waals surface area (Å²) in [6.07, 6.45) is -2.22. The maximum Gasteiger partial charge on any atom is 0.338 e. The van der Waals surface area contributed by atoms with Gasteiger partial charge in [0.25, 0.3) is 0 Å². The molecule has 0 radical (unpaired) electrons. The normalized spacial score (nSPS) is 42.7. The molecule has 0 unspecified atom stereocenters. The van der Waals surface area contributed by atoms with Crippen molar-refractivity contribution in [1.82, 2.24) is 0 Å². The van der Waals surface area contributed by atoms with Crippen molar-refractivity contribution in [3.05, 3.63) is 0 Å². The van der Waals surface area contributed by atoms with Crippen LogP contribution in [0.2, 0.25) is 0 Å². The Morgan fingerprint density at radius 1 is 1.54 bits per heavy atom. The van der Waals surface area contributed by atoms with E-state index in [1.807, 2.05) is 0 Å².